The molecule has 0 fully saturated rings. The molecule has 10 heteroatoms. The van der Waals surface area contributed by atoms with Gasteiger partial charge < -0.3 is 0 Å². The first kappa shape index (κ1) is 19.7. The van der Waals surface area contributed by atoms with Crippen LogP contribution in [0.3, 0.4) is 0 Å². The van der Waals surface area contributed by atoms with E-state index in [0.29, 0.717) is 5.13 Å². The van der Waals surface area contributed by atoms with E-state index >= 15 is 0 Å². The Kier molecular flexibility index (Phi) is 6.26. The Labute approximate surface area is 180 Å². The van der Waals surface area contributed by atoms with E-state index in [1.807, 2.05) is 18.2 Å². The molecule has 4 rings (SSSR count). The molecule has 0 aliphatic carbocycles. The number of aromatic nitrogens is 3. The predicted molar refractivity (Wildman–Crippen MR) is 116 cm³/mol. The fraction of sp³-hybridized carbons (Fsp3) is 0.0526. The molecule has 0 amide bonds. The van der Waals surface area contributed by atoms with Crippen molar-refractivity contribution in [3.63, 3.8) is 0 Å². The Morgan fingerprint density at radius 1 is 1.14 bits per heavy atom. The summed E-state index contributed by atoms with van der Waals surface area (Å²) in [6.07, 6.45) is 1.62. The van der Waals surface area contributed by atoms with Gasteiger partial charge in [-0.2, -0.15) is 0 Å². The fourth-order valence-corrected chi connectivity index (χ4v) is 5.90. The SMILES string of the molecule is O=[N+]([O-])c1ccc(/C=N/c2nnc(SCc3c[se]c(-c4ccccc4)n3)s2)cc1. The van der Waals surface area contributed by atoms with Crippen molar-refractivity contribution >= 4 is 54.6 Å². The van der Waals surface area contributed by atoms with Crippen molar-refractivity contribution in [3.05, 3.63) is 80.9 Å². The van der Waals surface area contributed by atoms with E-state index in [1.165, 1.54) is 29.0 Å². The van der Waals surface area contributed by atoms with Gasteiger partial charge in [-0.3, -0.25) is 10.1 Å². The number of nitro groups is 1. The molecule has 0 unspecified atom stereocenters. The Morgan fingerprint density at radius 2 is 1.93 bits per heavy atom. The first-order chi connectivity index (χ1) is 14.2. The molecule has 0 aliphatic heterocycles. The molecule has 29 heavy (non-hydrogen) atoms. The van der Waals surface area contributed by atoms with E-state index in [2.05, 4.69) is 32.3 Å². The Balaban J connectivity index is 1.35. The van der Waals surface area contributed by atoms with Gasteiger partial charge in [0.05, 0.1) is 4.92 Å². The van der Waals surface area contributed by atoms with Gasteiger partial charge in [-0.15, -0.1) is 0 Å². The molecule has 0 bridgehead atoms. The maximum atomic E-state index is 10.7. The van der Waals surface area contributed by atoms with Gasteiger partial charge in [0.25, 0.3) is 5.69 Å². The predicted octanol–water partition coefficient (Wildman–Crippen LogP) is 4.61. The van der Waals surface area contributed by atoms with Crippen molar-refractivity contribution in [2.24, 2.45) is 4.99 Å². The van der Waals surface area contributed by atoms with E-state index in [4.69, 9.17) is 4.98 Å². The van der Waals surface area contributed by atoms with Gasteiger partial charge >= 0.3 is 160 Å². The van der Waals surface area contributed by atoms with Crippen molar-refractivity contribution in [2.45, 2.75) is 10.1 Å². The summed E-state index contributed by atoms with van der Waals surface area (Å²) in [5, 5.41) is 19.5. The molecule has 4 aromatic rings. The van der Waals surface area contributed by atoms with Gasteiger partial charge in [0.2, 0.25) is 0 Å². The average Bonchev–Trinajstić information content (AvgIpc) is 3.41. The van der Waals surface area contributed by atoms with Crippen molar-refractivity contribution < 1.29 is 4.92 Å². The number of aliphatic imine (C=N–C) groups is 1. The molecular formula is C19H13N5O2S2Se. The van der Waals surface area contributed by atoms with Gasteiger partial charge in [0, 0.05) is 0 Å². The summed E-state index contributed by atoms with van der Waals surface area (Å²) in [5.74, 6) is 0.749. The number of nitro benzene ring substituents is 1. The molecule has 2 heterocycles. The van der Waals surface area contributed by atoms with Crippen molar-refractivity contribution in [1.82, 2.24) is 15.2 Å². The van der Waals surface area contributed by atoms with Gasteiger partial charge in [-0.1, -0.05) is 0 Å². The summed E-state index contributed by atoms with van der Waals surface area (Å²) < 4.78 is 1.98. The van der Waals surface area contributed by atoms with E-state index in [-0.39, 0.29) is 20.2 Å². The fourth-order valence-electron chi connectivity index (χ4n) is 2.35. The topological polar surface area (TPSA) is 94.2 Å². The summed E-state index contributed by atoms with van der Waals surface area (Å²) in [7, 11) is 0. The Hall–Kier alpha value is -2.65. The second kappa shape index (κ2) is 9.23. The summed E-state index contributed by atoms with van der Waals surface area (Å²) in [6, 6.07) is 16.4. The molecule has 144 valence electrons. The van der Waals surface area contributed by atoms with Crippen LogP contribution in [-0.2, 0) is 5.75 Å². The van der Waals surface area contributed by atoms with Crippen molar-refractivity contribution in [1.29, 1.82) is 0 Å². The van der Waals surface area contributed by atoms with Crippen LogP contribution in [0.25, 0.3) is 10.1 Å². The van der Waals surface area contributed by atoms with Crippen LogP contribution in [0.1, 0.15) is 11.3 Å². The summed E-state index contributed by atoms with van der Waals surface area (Å²) in [4.78, 5) is 21.5. The quantitative estimate of drug-likeness (QED) is 0.125. The van der Waals surface area contributed by atoms with Crippen LogP contribution in [-0.4, -0.2) is 40.8 Å². The first-order valence-corrected chi connectivity index (χ1v) is 12.1. The van der Waals surface area contributed by atoms with Gasteiger partial charge in [-0.25, -0.2) is 0 Å². The van der Waals surface area contributed by atoms with Gasteiger partial charge in [-0.05, 0) is 0 Å². The Morgan fingerprint density at radius 3 is 2.69 bits per heavy atom. The molecule has 0 saturated heterocycles. The molecule has 7 nitrogen and oxygen atoms in total. The third-order valence-corrected chi connectivity index (χ3v) is 7.71. The van der Waals surface area contributed by atoms with Crippen LogP contribution in [0.4, 0.5) is 10.8 Å². The minimum absolute atomic E-state index is 0.0532. The molecule has 0 N–H and O–H groups in total. The minimum atomic E-state index is -0.428. The van der Waals surface area contributed by atoms with Crippen LogP contribution in [0, 0.1) is 10.1 Å². The van der Waals surface area contributed by atoms with E-state index in [9.17, 15) is 10.1 Å². The zero-order valence-electron chi connectivity index (χ0n) is 14.8. The molecule has 0 aliphatic rings. The van der Waals surface area contributed by atoms with Crippen LogP contribution in [0.2, 0.25) is 0 Å². The number of nitrogens with zero attached hydrogens (tertiary/aromatic N) is 5. The standard InChI is InChI=1S/C19H13N5O2S2Se/c25-24(26)16-8-6-13(7-9-16)10-20-18-22-23-19(28-18)27-11-15-12-29-17(21-15)14-4-2-1-3-5-14/h1-10,12H,11H2/b20-10+. The van der Waals surface area contributed by atoms with Gasteiger partial charge in [0.1, 0.15) is 0 Å². The second-order valence-corrected chi connectivity index (χ2v) is 9.73. The third-order valence-electron chi connectivity index (χ3n) is 3.74. The molecule has 0 radical (unpaired) electrons. The van der Waals surface area contributed by atoms with Crippen LogP contribution < -0.4 is 0 Å². The average molecular weight is 486 g/mol. The number of rotatable bonds is 7. The van der Waals surface area contributed by atoms with Crippen LogP contribution >= 0.6 is 23.1 Å². The number of hydrogen-bond donors (Lipinski definition) is 0. The number of non-ortho nitro benzene ring substituents is 1. The Bertz CT molecular complexity index is 1140. The summed E-state index contributed by atoms with van der Waals surface area (Å²) >= 11 is 3.26. The van der Waals surface area contributed by atoms with E-state index in [1.54, 1.807) is 30.1 Å². The molecule has 0 atom stereocenters. The zero-order valence-corrected chi connectivity index (χ0v) is 18.2. The van der Waals surface area contributed by atoms with E-state index < -0.39 is 4.92 Å². The van der Waals surface area contributed by atoms with Crippen LogP contribution in [0.15, 0.2) is 68.9 Å². The third kappa shape index (κ3) is 5.24. The number of benzene rings is 2. The molecular weight excluding hydrogens is 473 g/mol. The second-order valence-electron chi connectivity index (χ2n) is 5.76. The summed E-state index contributed by atoms with van der Waals surface area (Å²) in [6.45, 7) is 0. The maximum absolute atomic E-state index is 10.7. The molecule has 0 spiro atoms. The molecule has 2 aromatic carbocycles. The van der Waals surface area contributed by atoms with Gasteiger partial charge in [0.15, 0.2) is 0 Å². The number of hydrogen-bond acceptors (Lipinski definition) is 8. The number of thioether (sulfide) groups is 1. The molecule has 0 saturated carbocycles. The molecule has 2 aromatic heterocycles. The summed E-state index contributed by atoms with van der Waals surface area (Å²) in [5.41, 5.74) is 3.07. The van der Waals surface area contributed by atoms with Crippen LogP contribution in [0.5, 0.6) is 0 Å². The van der Waals surface area contributed by atoms with Crippen molar-refractivity contribution in [2.75, 3.05) is 0 Å². The van der Waals surface area contributed by atoms with Crippen molar-refractivity contribution in [3.8, 4) is 10.1 Å². The zero-order chi connectivity index (χ0) is 20.1. The monoisotopic (exact) mass is 487 g/mol. The first-order valence-electron chi connectivity index (χ1n) is 8.42. The normalized spacial score (nSPS) is 11.2. The van der Waals surface area contributed by atoms with E-state index in [0.717, 1.165) is 25.9 Å².